The highest BCUT2D eigenvalue weighted by Crippen LogP contribution is 2.31. The van der Waals surface area contributed by atoms with Gasteiger partial charge in [-0.1, -0.05) is 0 Å². The number of hydrogen-bond acceptors (Lipinski definition) is 8. The lowest BCUT2D eigenvalue weighted by Gasteiger charge is -2.32. The summed E-state index contributed by atoms with van der Waals surface area (Å²) in [6.07, 6.45) is 2.91. The van der Waals surface area contributed by atoms with Crippen LogP contribution in [-0.4, -0.2) is 56.1 Å². The fourth-order valence-electron chi connectivity index (χ4n) is 3.85. The topological polar surface area (TPSA) is 115 Å². The van der Waals surface area contributed by atoms with E-state index in [1.165, 1.54) is 0 Å². The van der Waals surface area contributed by atoms with Gasteiger partial charge in [0.05, 0.1) is 12.3 Å². The van der Waals surface area contributed by atoms with Gasteiger partial charge in [0, 0.05) is 44.6 Å². The molecule has 2 fully saturated rings. The van der Waals surface area contributed by atoms with Gasteiger partial charge in [-0.3, -0.25) is 0 Å². The molecule has 0 saturated carbocycles. The lowest BCUT2D eigenvalue weighted by Crippen LogP contribution is -2.34. The molecule has 2 aromatic heterocycles. The van der Waals surface area contributed by atoms with E-state index < -0.39 is 0 Å². The van der Waals surface area contributed by atoms with Crippen LogP contribution in [0.25, 0.3) is 0 Å². The second kappa shape index (κ2) is 7.16. The van der Waals surface area contributed by atoms with Gasteiger partial charge in [0.1, 0.15) is 18.2 Å². The zero-order valence-electron chi connectivity index (χ0n) is 15.0. The third-order valence-corrected chi connectivity index (χ3v) is 5.42. The number of aliphatic hydroxyl groups is 1. The van der Waals surface area contributed by atoms with Crippen molar-refractivity contribution in [2.45, 2.75) is 37.7 Å². The van der Waals surface area contributed by atoms with E-state index >= 15 is 0 Å². The Bertz CT molecular complexity index is 764. The van der Waals surface area contributed by atoms with Crippen molar-refractivity contribution in [2.24, 2.45) is 7.05 Å². The van der Waals surface area contributed by atoms with Crippen LogP contribution < -0.4 is 10.6 Å². The molecule has 2 saturated heterocycles. The summed E-state index contributed by atoms with van der Waals surface area (Å²) >= 11 is 0. The van der Waals surface area contributed by atoms with Crippen LogP contribution in [0, 0.1) is 0 Å². The van der Waals surface area contributed by atoms with E-state index in [4.69, 9.17) is 10.5 Å². The first-order chi connectivity index (χ1) is 12.7. The Morgan fingerprint density at radius 1 is 1.19 bits per heavy atom. The SMILES string of the molecule is Cn1c(CO)nnc1C1CCN(c2cc(C3CCOC3)nc(N)n2)CC1. The Hall–Kier alpha value is -2.26. The minimum Gasteiger partial charge on any atom is -0.388 e. The second-order valence-electron chi connectivity index (χ2n) is 7.02. The number of ether oxygens (including phenoxy) is 1. The molecule has 0 bridgehead atoms. The summed E-state index contributed by atoms with van der Waals surface area (Å²) in [7, 11) is 1.91. The predicted molar refractivity (Wildman–Crippen MR) is 95.7 cm³/mol. The molecule has 2 aliphatic rings. The number of anilines is 2. The molecule has 0 radical (unpaired) electrons. The number of nitrogens with zero attached hydrogens (tertiary/aromatic N) is 6. The molecule has 2 aromatic rings. The Morgan fingerprint density at radius 2 is 2.00 bits per heavy atom. The van der Waals surface area contributed by atoms with Crippen LogP contribution in [0.5, 0.6) is 0 Å². The summed E-state index contributed by atoms with van der Waals surface area (Å²) < 4.78 is 7.38. The van der Waals surface area contributed by atoms with Crippen LogP contribution in [0.15, 0.2) is 6.07 Å². The summed E-state index contributed by atoms with van der Waals surface area (Å²) in [6.45, 7) is 3.16. The maximum absolute atomic E-state index is 9.30. The standard InChI is InChI=1S/C17H25N7O2/c1-23-15(9-25)21-22-16(23)11-2-5-24(6-3-11)14-8-13(19-17(18)20-14)12-4-7-26-10-12/h8,11-12,25H,2-7,9-10H2,1H3,(H2,18,19,20). The molecule has 0 aromatic carbocycles. The van der Waals surface area contributed by atoms with E-state index in [0.717, 1.165) is 56.3 Å². The zero-order chi connectivity index (χ0) is 18.1. The Labute approximate surface area is 152 Å². The maximum Gasteiger partial charge on any atom is 0.222 e. The van der Waals surface area contributed by atoms with E-state index in [1.54, 1.807) is 0 Å². The summed E-state index contributed by atoms with van der Waals surface area (Å²) in [4.78, 5) is 11.1. The molecule has 0 spiro atoms. The third kappa shape index (κ3) is 3.24. The van der Waals surface area contributed by atoms with Gasteiger partial charge in [0.25, 0.3) is 0 Å². The quantitative estimate of drug-likeness (QED) is 0.814. The van der Waals surface area contributed by atoms with Crippen molar-refractivity contribution >= 4 is 11.8 Å². The maximum atomic E-state index is 9.30. The van der Waals surface area contributed by atoms with E-state index in [-0.39, 0.29) is 6.61 Å². The monoisotopic (exact) mass is 359 g/mol. The van der Waals surface area contributed by atoms with Gasteiger partial charge in [-0.05, 0) is 19.3 Å². The van der Waals surface area contributed by atoms with E-state index in [1.807, 2.05) is 11.6 Å². The number of nitrogens with two attached hydrogens (primary N) is 1. The predicted octanol–water partition coefficient (Wildman–Crippen LogP) is 0.568. The van der Waals surface area contributed by atoms with Crippen LogP contribution in [0.2, 0.25) is 0 Å². The molecule has 0 amide bonds. The van der Waals surface area contributed by atoms with Crippen molar-refractivity contribution in [1.82, 2.24) is 24.7 Å². The average Bonchev–Trinajstić information content (AvgIpc) is 3.31. The number of nitrogen functional groups attached to an aromatic ring is 1. The van der Waals surface area contributed by atoms with Crippen LogP contribution >= 0.6 is 0 Å². The molecular formula is C17H25N7O2. The highest BCUT2D eigenvalue weighted by molar-refractivity contribution is 5.45. The van der Waals surface area contributed by atoms with Crippen LogP contribution in [0.4, 0.5) is 11.8 Å². The zero-order valence-corrected chi connectivity index (χ0v) is 15.0. The Kier molecular flexibility index (Phi) is 4.73. The molecule has 9 nitrogen and oxygen atoms in total. The first-order valence-corrected chi connectivity index (χ1v) is 9.12. The van der Waals surface area contributed by atoms with Crippen molar-refractivity contribution in [3.63, 3.8) is 0 Å². The van der Waals surface area contributed by atoms with Crippen molar-refractivity contribution in [3.05, 3.63) is 23.4 Å². The first-order valence-electron chi connectivity index (χ1n) is 9.12. The molecule has 4 rings (SSSR count). The molecule has 1 atom stereocenters. The van der Waals surface area contributed by atoms with Gasteiger partial charge in [-0.2, -0.15) is 4.98 Å². The van der Waals surface area contributed by atoms with Crippen LogP contribution in [0.1, 0.15) is 48.4 Å². The van der Waals surface area contributed by atoms with Crippen molar-refractivity contribution in [1.29, 1.82) is 0 Å². The molecule has 1 unspecified atom stereocenters. The fourth-order valence-corrected chi connectivity index (χ4v) is 3.85. The number of aromatic nitrogens is 5. The molecular weight excluding hydrogens is 334 g/mol. The van der Waals surface area contributed by atoms with E-state index in [0.29, 0.717) is 30.2 Å². The van der Waals surface area contributed by atoms with Gasteiger partial charge >= 0.3 is 0 Å². The van der Waals surface area contributed by atoms with Gasteiger partial charge in [0.15, 0.2) is 5.82 Å². The van der Waals surface area contributed by atoms with Crippen molar-refractivity contribution in [2.75, 3.05) is 36.9 Å². The number of piperidine rings is 1. The summed E-state index contributed by atoms with van der Waals surface area (Å²) in [5, 5.41) is 17.6. The van der Waals surface area contributed by atoms with Gasteiger partial charge in [0.2, 0.25) is 5.95 Å². The van der Waals surface area contributed by atoms with E-state index in [2.05, 4.69) is 31.1 Å². The number of hydrogen-bond donors (Lipinski definition) is 2. The van der Waals surface area contributed by atoms with Gasteiger partial charge < -0.3 is 25.0 Å². The summed E-state index contributed by atoms with van der Waals surface area (Å²) in [5.41, 5.74) is 6.93. The number of aliphatic hydroxyl groups excluding tert-OH is 1. The third-order valence-electron chi connectivity index (χ3n) is 5.42. The minimum atomic E-state index is -0.0871. The van der Waals surface area contributed by atoms with Gasteiger partial charge in [-0.15, -0.1) is 10.2 Å². The largest absolute Gasteiger partial charge is 0.388 e. The molecule has 9 heteroatoms. The number of rotatable bonds is 4. The van der Waals surface area contributed by atoms with Crippen LogP contribution in [-0.2, 0) is 18.4 Å². The molecule has 140 valence electrons. The summed E-state index contributed by atoms with van der Waals surface area (Å²) in [6, 6.07) is 2.06. The van der Waals surface area contributed by atoms with Gasteiger partial charge in [-0.25, -0.2) is 4.98 Å². The minimum absolute atomic E-state index is 0.0871. The Balaban J connectivity index is 1.46. The molecule has 26 heavy (non-hydrogen) atoms. The summed E-state index contributed by atoms with van der Waals surface area (Å²) in [5.74, 6) is 3.42. The molecule has 4 heterocycles. The lowest BCUT2D eigenvalue weighted by molar-refractivity contribution is 0.193. The fraction of sp³-hybridized carbons (Fsp3) is 0.647. The molecule has 2 aliphatic heterocycles. The normalized spacial score (nSPS) is 21.5. The van der Waals surface area contributed by atoms with E-state index in [9.17, 15) is 5.11 Å². The Morgan fingerprint density at radius 3 is 2.65 bits per heavy atom. The van der Waals surface area contributed by atoms with Crippen molar-refractivity contribution < 1.29 is 9.84 Å². The van der Waals surface area contributed by atoms with Crippen molar-refractivity contribution in [3.8, 4) is 0 Å². The average molecular weight is 359 g/mol. The molecule has 3 N–H and O–H groups in total. The second-order valence-corrected chi connectivity index (χ2v) is 7.02. The van der Waals surface area contributed by atoms with Crippen LogP contribution in [0.3, 0.4) is 0 Å². The molecule has 0 aliphatic carbocycles. The highest BCUT2D eigenvalue weighted by Gasteiger charge is 2.27. The smallest absolute Gasteiger partial charge is 0.222 e. The highest BCUT2D eigenvalue weighted by atomic mass is 16.5. The lowest BCUT2D eigenvalue weighted by atomic mass is 9.95. The first kappa shape index (κ1) is 17.2.